The van der Waals surface area contributed by atoms with Crippen molar-refractivity contribution in [3.63, 3.8) is 0 Å². The number of hydrogen-bond acceptors (Lipinski definition) is 17. The van der Waals surface area contributed by atoms with Gasteiger partial charge in [0.05, 0.1) is 25.9 Å². The summed E-state index contributed by atoms with van der Waals surface area (Å²) in [6, 6.07) is 0. The summed E-state index contributed by atoms with van der Waals surface area (Å²) >= 11 is 14.4. The van der Waals surface area contributed by atoms with Crippen molar-refractivity contribution in [2.24, 2.45) is 5.92 Å². The molecule has 0 spiro atoms. The van der Waals surface area contributed by atoms with Crippen molar-refractivity contribution >= 4 is 83.8 Å². The first-order valence-corrected chi connectivity index (χ1v) is 19.2. The minimum Gasteiger partial charge on any atom is -0.387 e. The number of rotatable bonds is 2. The molecule has 0 amide bonds. The van der Waals surface area contributed by atoms with E-state index in [2.05, 4.69) is 54.4 Å². The number of anilines is 2. The van der Waals surface area contributed by atoms with Crippen molar-refractivity contribution < 1.29 is 41.8 Å². The Morgan fingerprint density at radius 2 is 1.70 bits per heavy atom. The number of nitrogens with two attached hydrogens (primary N) is 2. The second kappa shape index (κ2) is 10.6. The van der Waals surface area contributed by atoms with Crippen LogP contribution in [0.25, 0.3) is 22.3 Å². The Morgan fingerprint density at radius 3 is 2.46 bits per heavy atom. The molecule has 246 valence electrons. The maximum absolute atomic E-state index is 13.6. The van der Waals surface area contributed by atoms with Crippen LogP contribution in [-0.2, 0) is 42.4 Å². The second-order valence-corrected chi connectivity index (χ2v) is 17.1. The first kappa shape index (κ1) is 31.0. The third-order valence-corrected chi connectivity index (χ3v) is 11.6. The number of nitrogens with zero attached hydrogens (tertiary/aromatic N) is 7. The molecule has 25 heteroatoms. The zero-order valence-electron chi connectivity index (χ0n) is 22.9. The summed E-state index contributed by atoms with van der Waals surface area (Å²) in [6.45, 7) is -9.41. The van der Waals surface area contributed by atoms with Gasteiger partial charge in [-0.25, -0.2) is 19.1 Å². The number of nitrogen functional groups attached to an aromatic ring is 2. The fourth-order valence-corrected chi connectivity index (χ4v) is 9.30. The standard InChI is InChI=1S/C21H23ClN10O10P2S2/c22-19-27-14(23)9-16(28-19)32(5-26-9)21-1-6(21)12-8(40-21)3-38-44(36,46)42-13-11(33)7(2-37-43(35,45)41-12)39-18(13)31-4-25-10-15(31)29-20(24)30-17(10)34/h4-8,11-13,18,33H,1-3H2,(H,35,45)(H,36,46)(H2,23,27,28)(H3,24,29,30,34)/t6?,7-,8-,11?,12?,13?,18-,21?,43-,44+/m1/s1. The molecule has 10 atom stereocenters. The Hall–Kier alpha value is -2.33. The van der Waals surface area contributed by atoms with Gasteiger partial charge in [-0.1, -0.05) is 24.5 Å². The highest BCUT2D eigenvalue weighted by atomic mass is 35.5. The Morgan fingerprint density at radius 1 is 1.00 bits per heavy atom. The zero-order chi connectivity index (χ0) is 32.3. The van der Waals surface area contributed by atoms with E-state index in [4.69, 9.17) is 50.6 Å². The summed E-state index contributed by atoms with van der Waals surface area (Å²) in [7, 11) is 0. The number of hydrogen-bond donors (Lipinski definition) is 6. The highest BCUT2D eigenvalue weighted by molar-refractivity contribution is 8.44. The molecular weight excluding hydrogens is 714 g/mol. The molecule has 4 fully saturated rings. The SMILES string of the molecule is Nc1nc2c(ncn2[C@@H]2O[C@@H]3CO[P@@](=O)(S)OC4C5CC5(n5cnc6c(N)nc(Cl)nc65)O[C@@H]4CO[P@](=O)(S)OC2C3O)c(=O)[nH]1. The smallest absolute Gasteiger partial charge is 0.386 e. The van der Waals surface area contributed by atoms with E-state index in [9.17, 15) is 19.0 Å². The lowest BCUT2D eigenvalue weighted by Crippen LogP contribution is -2.35. The Kier molecular flexibility index (Phi) is 7.13. The highest BCUT2D eigenvalue weighted by Gasteiger charge is 2.71. The molecule has 20 nitrogen and oxygen atoms in total. The molecule has 0 radical (unpaired) electrons. The van der Waals surface area contributed by atoms with Crippen molar-refractivity contribution in [3.8, 4) is 0 Å². The number of H-pyrrole nitrogens is 1. The van der Waals surface area contributed by atoms with Gasteiger partial charge in [0, 0.05) is 12.3 Å². The van der Waals surface area contributed by atoms with Crippen LogP contribution in [0.3, 0.4) is 0 Å². The fourth-order valence-electron chi connectivity index (χ4n) is 6.15. The van der Waals surface area contributed by atoms with E-state index in [1.54, 1.807) is 4.57 Å². The summed E-state index contributed by atoms with van der Waals surface area (Å²) in [5.41, 5.74) is 10.5. The van der Waals surface area contributed by atoms with Crippen molar-refractivity contribution in [1.82, 2.24) is 39.0 Å². The topological polar surface area (TPSA) is 269 Å². The number of nitrogens with one attached hydrogen (secondary N) is 1. The quantitative estimate of drug-likeness (QED) is 0.0952. The lowest BCUT2D eigenvalue weighted by molar-refractivity contribution is -0.0840. The predicted molar refractivity (Wildman–Crippen MR) is 163 cm³/mol. The molecule has 0 aromatic carbocycles. The van der Waals surface area contributed by atoms with Crippen LogP contribution in [0.15, 0.2) is 17.4 Å². The molecule has 1 aliphatic carbocycles. The predicted octanol–water partition coefficient (Wildman–Crippen LogP) is 1.00. The van der Waals surface area contributed by atoms with Gasteiger partial charge < -0.3 is 26.0 Å². The molecule has 3 aliphatic heterocycles. The molecule has 4 aromatic rings. The van der Waals surface area contributed by atoms with Crippen molar-refractivity contribution in [1.29, 1.82) is 0 Å². The van der Waals surface area contributed by atoms with E-state index in [1.807, 2.05) is 0 Å². The Balaban J connectivity index is 1.12. The summed E-state index contributed by atoms with van der Waals surface area (Å²) in [4.78, 5) is 35.3. The van der Waals surface area contributed by atoms with E-state index in [1.165, 1.54) is 17.2 Å². The van der Waals surface area contributed by atoms with Crippen molar-refractivity contribution in [2.75, 3.05) is 24.7 Å². The number of halogens is 1. The van der Waals surface area contributed by atoms with E-state index in [0.717, 1.165) is 0 Å². The Bertz CT molecular complexity index is 2070. The van der Waals surface area contributed by atoms with Gasteiger partial charge in [-0.2, -0.15) is 15.0 Å². The van der Waals surface area contributed by atoms with Crippen LogP contribution in [-0.4, -0.2) is 87.9 Å². The summed E-state index contributed by atoms with van der Waals surface area (Å²) in [6.07, 6.45) is -4.41. The molecule has 6 N–H and O–H groups in total. The van der Waals surface area contributed by atoms with Gasteiger partial charge in [0.1, 0.15) is 36.0 Å². The molecule has 4 aromatic heterocycles. The van der Waals surface area contributed by atoms with Crippen LogP contribution in [0.5, 0.6) is 0 Å². The van der Waals surface area contributed by atoms with Crippen LogP contribution in [0.2, 0.25) is 5.28 Å². The van der Waals surface area contributed by atoms with Gasteiger partial charge in [0.2, 0.25) is 11.2 Å². The van der Waals surface area contributed by atoms with Gasteiger partial charge in [-0.15, -0.1) is 0 Å². The molecule has 1 saturated carbocycles. The normalized spacial score (nSPS) is 39.4. The third-order valence-electron chi connectivity index (χ3n) is 8.20. The second-order valence-electron chi connectivity index (χ2n) is 11.0. The number of aliphatic hydroxyl groups excluding tert-OH is 1. The van der Waals surface area contributed by atoms with Gasteiger partial charge in [-0.05, 0) is 11.6 Å². The molecule has 8 rings (SSSR count). The van der Waals surface area contributed by atoms with Crippen LogP contribution >= 0.6 is 49.7 Å². The number of imidazole rings is 2. The largest absolute Gasteiger partial charge is 0.387 e. The first-order valence-electron chi connectivity index (χ1n) is 13.5. The lowest BCUT2D eigenvalue weighted by atomic mass is 10.1. The molecule has 7 heterocycles. The van der Waals surface area contributed by atoms with Gasteiger partial charge in [-0.3, -0.25) is 37.0 Å². The molecule has 5 unspecified atom stereocenters. The average molecular weight is 737 g/mol. The molecule has 4 aliphatic rings. The highest BCUT2D eigenvalue weighted by Crippen LogP contribution is 2.67. The van der Waals surface area contributed by atoms with Crippen LogP contribution < -0.4 is 17.0 Å². The van der Waals surface area contributed by atoms with Gasteiger partial charge in [0.25, 0.3) is 5.56 Å². The summed E-state index contributed by atoms with van der Waals surface area (Å²) < 4.78 is 65.3. The maximum atomic E-state index is 13.6. The van der Waals surface area contributed by atoms with Gasteiger partial charge in [0.15, 0.2) is 34.6 Å². The third kappa shape index (κ3) is 4.98. The van der Waals surface area contributed by atoms with Crippen molar-refractivity contribution in [2.45, 2.75) is 48.9 Å². The van der Waals surface area contributed by atoms with E-state index >= 15 is 0 Å². The minimum atomic E-state index is -4.31. The molecule has 3 saturated heterocycles. The lowest BCUT2D eigenvalue weighted by Gasteiger charge is -2.27. The summed E-state index contributed by atoms with van der Waals surface area (Å²) in [5.74, 6) is -0.586. The minimum absolute atomic E-state index is 0.0140. The van der Waals surface area contributed by atoms with Gasteiger partial charge >= 0.3 is 13.6 Å². The number of thiol groups is 2. The van der Waals surface area contributed by atoms with E-state index in [0.29, 0.717) is 17.6 Å². The fraction of sp³-hybridized carbons (Fsp3) is 0.524. The molecular formula is C21H23ClN10O10P2S2. The zero-order valence-corrected chi connectivity index (χ0v) is 27.2. The monoisotopic (exact) mass is 736 g/mol. The molecule has 2 bridgehead atoms. The number of fused-ring (bicyclic) bond motifs is 7. The average Bonchev–Trinajstić information content (AvgIpc) is 3.31. The maximum Gasteiger partial charge on any atom is 0.386 e. The number of aromatic amines is 1. The summed E-state index contributed by atoms with van der Waals surface area (Å²) in [5, 5.41) is 11.1. The Labute approximate surface area is 271 Å². The van der Waals surface area contributed by atoms with E-state index in [-0.39, 0.29) is 28.2 Å². The van der Waals surface area contributed by atoms with Crippen LogP contribution in [0.1, 0.15) is 12.6 Å². The molecule has 46 heavy (non-hydrogen) atoms. The van der Waals surface area contributed by atoms with E-state index < -0.39 is 80.8 Å². The number of aliphatic hydroxyl groups is 1. The van der Waals surface area contributed by atoms with Crippen LogP contribution in [0, 0.1) is 5.92 Å². The van der Waals surface area contributed by atoms with Crippen LogP contribution in [0.4, 0.5) is 11.8 Å². The number of aromatic nitrogens is 8. The first-order chi connectivity index (χ1) is 21.8. The number of ether oxygens (including phenoxy) is 2. The van der Waals surface area contributed by atoms with Crippen molar-refractivity contribution in [3.05, 3.63) is 28.3 Å².